The molecule has 0 aliphatic carbocycles. The zero-order valence-electron chi connectivity index (χ0n) is 17.8. The third-order valence-corrected chi connectivity index (χ3v) is 14.9. The molecular weight excluding hydrogens is 332 g/mol. The van der Waals surface area contributed by atoms with E-state index in [1.165, 1.54) is 44.2 Å². The first-order valence-corrected chi connectivity index (χ1v) is 15.1. The van der Waals surface area contributed by atoms with Crippen LogP contribution in [0.2, 0.25) is 30.7 Å². The maximum atomic E-state index is 5.67. The van der Waals surface area contributed by atoms with E-state index in [0.29, 0.717) is 0 Å². The third-order valence-electron chi connectivity index (χ3n) is 6.15. The molecule has 0 aromatic heterocycles. The van der Waals surface area contributed by atoms with Crippen LogP contribution >= 0.6 is 0 Å². The van der Waals surface area contributed by atoms with Crippen LogP contribution < -0.4 is 0 Å². The minimum Gasteiger partial charge on any atom is -0.398 e. The van der Waals surface area contributed by atoms with Gasteiger partial charge in [0.15, 0.2) is 0 Å². The predicted molar refractivity (Wildman–Crippen MR) is 112 cm³/mol. The normalized spacial score (nSPS) is 13.2. The molecule has 0 atom stereocenters. The van der Waals surface area contributed by atoms with Gasteiger partial charge in [-0.3, -0.25) is 0 Å². The smallest absolute Gasteiger partial charge is 0.334 e. The molecule has 0 heterocycles. The summed E-state index contributed by atoms with van der Waals surface area (Å²) in [5.74, 6) is 0. The molecule has 0 bridgehead atoms. The number of hydrogen-bond acceptors (Lipinski definition) is 4. The van der Waals surface area contributed by atoms with Crippen molar-refractivity contribution in [2.24, 2.45) is 0 Å². The van der Waals surface area contributed by atoms with Crippen LogP contribution in [0.5, 0.6) is 0 Å². The Labute approximate surface area is 154 Å². The molecule has 0 saturated heterocycles. The molecule has 0 saturated carbocycles. The summed E-state index contributed by atoms with van der Waals surface area (Å²) in [4.78, 5) is 2.55. The van der Waals surface area contributed by atoms with Crippen LogP contribution in [0.15, 0.2) is 0 Å². The molecule has 0 aliphatic rings. The molecule has 0 rings (SSSR count). The lowest BCUT2D eigenvalue weighted by molar-refractivity contribution is 0.243. The van der Waals surface area contributed by atoms with E-state index in [1.54, 1.807) is 14.2 Å². The van der Waals surface area contributed by atoms with Crippen molar-refractivity contribution in [3.8, 4) is 0 Å². The number of likely N-dealkylation sites (N-methyl/N-ethyl adjacent to an activating group) is 1. The molecule has 146 valence electrons. The van der Waals surface area contributed by atoms with E-state index >= 15 is 0 Å². The predicted octanol–water partition coefficient (Wildman–Crippen LogP) is 4.39. The highest BCUT2D eigenvalue weighted by Crippen LogP contribution is 2.26. The fraction of sp³-hybridized carbons (Fsp3) is 1.00. The summed E-state index contributed by atoms with van der Waals surface area (Å²) in [6.07, 6.45) is 1.19. The molecule has 0 aromatic rings. The van der Waals surface area contributed by atoms with Gasteiger partial charge in [-0.05, 0) is 56.8 Å². The highest BCUT2D eigenvalue weighted by atomic mass is 28.4. The lowest BCUT2D eigenvalue weighted by Gasteiger charge is -2.42. The Morgan fingerprint density at radius 2 is 1.25 bits per heavy atom. The van der Waals surface area contributed by atoms with E-state index in [1.807, 2.05) is 0 Å². The minimum absolute atomic E-state index is 1.09. The van der Waals surface area contributed by atoms with Crippen LogP contribution in [0.25, 0.3) is 0 Å². The Kier molecular flexibility index (Phi) is 12.7. The van der Waals surface area contributed by atoms with Crippen molar-refractivity contribution in [3.63, 3.8) is 0 Å². The summed E-state index contributed by atoms with van der Waals surface area (Å²) in [6.45, 7) is 19.9. The van der Waals surface area contributed by atoms with Crippen LogP contribution in [0.4, 0.5) is 0 Å². The Hall–Kier alpha value is 0.274. The van der Waals surface area contributed by atoms with Gasteiger partial charge in [0.1, 0.15) is 8.24 Å². The molecule has 0 N–H and O–H groups in total. The monoisotopic (exact) mass is 376 g/mol. The Bertz CT molecular complexity index is 299. The molecular formula is C18H44N2O2Si2. The molecule has 0 radical (unpaired) electrons. The molecule has 4 nitrogen and oxygen atoms in total. The van der Waals surface area contributed by atoms with Gasteiger partial charge in [0.2, 0.25) is 0 Å². The molecule has 0 amide bonds. The average Bonchev–Trinajstić information content (AvgIpc) is 2.63. The number of nitrogens with zero attached hydrogens (tertiary/aromatic N) is 2. The Morgan fingerprint density at radius 1 is 0.750 bits per heavy atom. The van der Waals surface area contributed by atoms with Crippen LogP contribution in [0, 0.1) is 0 Å². The van der Waals surface area contributed by atoms with Gasteiger partial charge in [0.05, 0.1) is 0 Å². The first kappa shape index (κ1) is 24.3. The second kappa shape index (κ2) is 12.6. The van der Waals surface area contributed by atoms with Gasteiger partial charge in [-0.25, -0.2) is 0 Å². The first-order chi connectivity index (χ1) is 11.4. The highest BCUT2D eigenvalue weighted by molar-refractivity contribution is 6.77. The zero-order valence-corrected chi connectivity index (χ0v) is 19.8. The topological polar surface area (TPSA) is 24.9 Å². The fourth-order valence-corrected chi connectivity index (χ4v) is 9.11. The molecule has 0 aliphatic heterocycles. The Morgan fingerprint density at radius 3 is 1.62 bits per heavy atom. The lowest BCUT2D eigenvalue weighted by atomic mass is 10.4. The maximum Gasteiger partial charge on any atom is 0.334 e. The van der Waals surface area contributed by atoms with Gasteiger partial charge < -0.3 is 18.3 Å². The van der Waals surface area contributed by atoms with Crippen molar-refractivity contribution in [1.29, 1.82) is 0 Å². The van der Waals surface area contributed by atoms with E-state index in [-0.39, 0.29) is 0 Å². The quantitative estimate of drug-likeness (QED) is 0.396. The largest absolute Gasteiger partial charge is 0.398 e. The van der Waals surface area contributed by atoms with Crippen LogP contribution in [-0.2, 0) is 8.85 Å². The second-order valence-corrected chi connectivity index (χ2v) is 15.7. The van der Waals surface area contributed by atoms with Crippen LogP contribution in [0.1, 0.15) is 41.0 Å². The molecule has 0 fully saturated rings. The van der Waals surface area contributed by atoms with Crippen molar-refractivity contribution in [2.45, 2.75) is 71.8 Å². The standard InChI is InChI=1S/C18H44N2O2Si2/c1-9-19(10-2)16-17-20(24(11-3,12-4)13-5)15-14-18-23(8,21-6)22-7/h9-18H2,1-8H3. The van der Waals surface area contributed by atoms with E-state index in [9.17, 15) is 0 Å². The van der Waals surface area contributed by atoms with Crippen molar-refractivity contribution in [3.05, 3.63) is 0 Å². The van der Waals surface area contributed by atoms with Gasteiger partial charge in [-0.1, -0.05) is 34.6 Å². The Balaban J connectivity index is 4.91. The van der Waals surface area contributed by atoms with E-state index in [2.05, 4.69) is 50.6 Å². The van der Waals surface area contributed by atoms with Gasteiger partial charge in [0.25, 0.3) is 0 Å². The molecule has 0 spiro atoms. The minimum atomic E-state index is -1.93. The van der Waals surface area contributed by atoms with Crippen LogP contribution in [0.3, 0.4) is 0 Å². The summed E-state index contributed by atoms with van der Waals surface area (Å²) in [5, 5.41) is 0. The fourth-order valence-electron chi connectivity index (χ4n) is 3.69. The van der Waals surface area contributed by atoms with Crippen LogP contribution in [-0.4, -0.2) is 73.2 Å². The molecule has 0 aromatic carbocycles. The SMILES string of the molecule is CCN(CC)CCN(CCC[Si](C)(OC)OC)[Si](CC)(CC)CC. The number of hydrogen-bond donors (Lipinski definition) is 0. The highest BCUT2D eigenvalue weighted by Gasteiger charge is 2.35. The molecule has 0 unspecified atom stereocenters. The summed E-state index contributed by atoms with van der Waals surface area (Å²) in [7, 11) is 0.356. The average molecular weight is 377 g/mol. The van der Waals surface area contributed by atoms with Crippen molar-refractivity contribution < 1.29 is 8.85 Å². The van der Waals surface area contributed by atoms with Gasteiger partial charge in [-0.15, -0.1) is 0 Å². The van der Waals surface area contributed by atoms with E-state index < -0.39 is 16.8 Å². The number of rotatable bonds is 15. The summed E-state index contributed by atoms with van der Waals surface area (Å²) in [5.41, 5.74) is 0. The maximum absolute atomic E-state index is 5.67. The van der Waals surface area contributed by atoms with Crippen molar-refractivity contribution in [2.75, 3.05) is 46.9 Å². The molecule has 24 heavy (non-hydrogen) atoms. The molecule has 6 heteroatoms. The van der Waals surface area contributed by atoms with E-state index in [0.717, 1.165) is 19.1 Å². The second-order valence-electron chi connectivity index (χ2n) is 6.94. The van der Waals surface area contributed by atoms with Crippen molar-refractivity contribution in [1.82, 2.24) is 9.47 Å². The van der Waals surface area contributed by atoms with E-state index in [4.69, 9.17) is 8.85 Å². The van der Waals surface area contributed by atoms with Crippen molar-refractivity contribution >= 4 is 16.8 Å². The van der Waals surface area contributed by atoms with Gasteiger partial charge in [0, 0.05) is 27.3 Å². The summed E-state index contributed by atoms with van der Waals surface area (Å²) in [6, 6.07) is 5.17. The third kappa shape index (κ3) is 7.26. The summed E-state index contributed by atoms with van der Waals surface area (Å²) < 4.78 is 14.2. The lowest BCUT2D eigenvalue weighted by Crippen LogP contribution is -2.55. The first-order valence-electron chi connectivity index (χ1n) is 9.98. The zero-order chi connectivity index (χ0) is 18.6. The van der Waals surface area contributed by atoms with Gasteiger partial charge in [-0.2, -0.15) is 0 Å². The van der Waals surface area contributed by atoms with Gasteiger partial charge >= 0.3 is 8.56 Å². The summed E-state index contributed by atoms with van der Waals surface area (Å²) >= 11 is 0.